The van der Waals surface area contributed by atoms with Gasteiger partial charge in [-0.2, -0.15) is 5.26 Å². The predicted molar refractivity (Wildman–Crippen MR) is 59.9 cm³/mol. The molecule has 1 aliphatic rings. The third-order valence-corrected chi connectivity index (χ3v) is 2.74. The van der Waals surface area contributed by atoms with Gasteiger partial charge in [0.1, 0.15) is 11.9 Å². The van der Waals surface area contributed by atoms with Crippen LogP contribution in [0, 0.1) is 22.6 Å². The summed E-state index contributed by atoms with van der Waals surface area (Å²) < 4.78 is 0. The topological polar surface area (TPSA) is 76.6 Å². The smallest absolute Gasteiger partial charge is 0.271 e. The van der Waals surface area contributed by atoms with E-state index in [1.54, 1.807) is 12.3 Å². The van der Waals surface area contributed by atoms with Gasteiger partial charge in [-0.05, 0) is 18.7 Å². The van der Waals surface area contributed by atoms with E-state index >= 15 is 0 Å². The van der Waals surface area contributed by atoms with Gasteiger partial charge in [0.05, 0.1) is 0 Å². The Labute approximate surface area is 94.4 Å². The Morgan fingerprint density at radius 1 is 1.31 bits per heavy atom. The number of nitrogens with zero attached hydrogens (tertiary/aromatic N) is 5. The van der Waals surface area contributed by atoms with Gasteiger partial charge in [0, 0.05) is 25.3 Å². The maximum Gasteiger partial charge on any atom is 0.271 e. The highest BCUT2D eigenvalue weighted by atomic mass is 15.2. The Bertz CT molecular complexity index is 453. The minimum absolute atomic E-state index is 0.161. The zero-order valence-corrected chi connectivity index (χ0v) is 8.80. The monoisotopic (exact) mass is 211 g/mol. The zero-order valence-electron chi connectivity index (χ0n) is 8.80. The largest absolute Gasteiger partial charge is 0.358 e. The molecule has 0 aromatic carbocycles. The highest BCUT2D eigenvalue weighted by molar-refractivity contribution is 6.67. The summed E-state index contributed by atoms with van der Waals surface area (Å²) in [4.78, 5) is 10.1. The van der Waals surface area contributed by atoms with Crippen LogP contribution >= 0.6 is 0 Å². The van der Waals surface area contributed by atoms with E-state index in [1.807, 2.05) is 6.07 Å². The van der Waals surface area contributed by atoms with Gasteiger partial charge in [0.15, 0.2) is 0 Å². The van der Waals surface area contributed by atoms with Crippen molar-refractivity contribution in [2.24, 2.45) is 0 Å². The van der Waals surface area contributed by atoms with Crippen LogP contribution in [0.3, 0.4) is 0 Å². The third kappa shape index (κ3) is 2.12. The van der Waals surface area contributed by atoms with E-state index in [0.29, 0.717) is 0 Å². The third-order valence-electron chi connectivity index (χ3n) is 2.74. The molecule has 1 fully saturated rings. The van der Waals surface area contributed by atoms with Crippen molar-refractivity contribution in [1.82, 2.24) is 9.97 Å². The molecule has 0 atom stereocenters. The van der Waals surface area contributed by atoms with Gasteiger partial charge in [0.25, 0.3) is 6.71 Å². The molecule has 78 valence electrons. The van der Waals surface area contributed by atoms with Gasteiger partial charge in [0.2, 0.25) is 5.82 Å². The van der Waals surface area contributed by atoms with E-state index in [-0.39, 0.29) is 12.5 Å². The molecular formula is C10H10BN5. The molecule has 0 aliphatic carbocycles. The van der Waals surface area contributed by atoms with Crippen LogP contribution in [0.15, 0.2) is 12.3 Å². The SMILES string of the molecule is N#CB1CCN(c2ccnc(C#N)n2)CC1. The molecule has 6 heteroatoms. The van der Waals surface area contributed by atoms with Crippen molar-refractivity contribution in [2.45, 2.75) is 12.6 Å². The van der Waals surface area contributed by atoms with E-state index in [9.17, 15) is 0 Å². The van der Waals surface area contributed by atoms with Crippen LogP contribution in [0.4, 0.5) is 5.82 Å². The molecule has 0 spiro atoms. The molecule has 1 aliphatic heterocycles. The van der Waals surface area contributed by atoms with Crippen LogP contribution in [0.5, 0.6) is 0 Å². The molecule has 0 unspecified atom stereocenters. The second-order valence-corrected chi connectivity index (χ2v) is 3.74. The first kappa shape index (κ1) is 10.4. The first-order valence-electron chi connectivity index (χ1n) is 5.21. The van der Waals surface area contributed by atoms with E-state index < -0.39 is 0 Å². The average molecular weight is 211 g/mol. The molecule has 0 radical (unpaired) electrons. The number of hydrogen-bond donors (Lipinski definition) is 0. The van der Waals surface area contributed by atoms with E-state index in [0.717, 1.165) is 31.5 Å². The summed E-state index contributed by atoms with van der Waals surface area (Å²) in [7, 11) is 0. The molecule has 1 saturated heterocycles. The summed E-state index contributed by atoms with van der Waals surface area (Å²) in [6, 6.07) is 3.72. The Kier molecular flexibility index (Phi) is 3.02. The number of aromatic nitrogens is 2. The van der Waals surface area contributed by atoms with Crippen molar-refractivity contribution in [1.29, 1.82) is 10.5 Å². The van der Waals surface area contributed by atoms with Crippen molar-refractivity contribution in [2.75, 3.05) is 18.0 Å². The fourth-order valence-electron chi connectivity index (χ4n) is 1.82. The van der Waals surface area contributed by atoms with Gasteiger partial charge < -0.3 is 4.90 Å². The molecule has 0 bridgehead atoms. The normalized spacial score (nSPS) is 15.4. The second kappa shape index (κ2) is 4.63. The van der Waals surface area contributed by atoms with Gasteiger partial charge in [-0.1, -0.05) is 0 Å². The van der Waals surface area contributed by atoms with Crippen LogP contribution < -0.4 is 4.90 Å². The maximum absolute atomic E-state index is 8.79. The van der Waals surface area contributed by atoms with E-state index in [1.165, 1.54) is 0 Å². The van der Waals surface area contributed by atoms with Gasteiger partial charge in [-0.25, -0.2) is 15.2 Å². The van der Waals surface area contributed by atoms with E-state index in [2.05, 4.69) is 20.8 Å². The predicted octanol–water partition coefficient (Wildman–Crippen LogP) is 0.726. The van der Waals surface area contributed by atoms with Crippen LogP contribution in [-0.4, -0.2) is 29.8 Å². The molecule has 5 nitrogen and oxygen atoms in total. The summed E-state index contributed by atoms with van der Waals surface area (Å²) in [5.74, 6) is 3.26. The second-order valence-electron chi connectivity index (χ2n) is 3.74. The minimum Gasteiger partial charge on any atom is -0.358 e. The number of rotatable bonds is 1. The van der Waals surface area contributed by atoms with Crippen molar-refractivity contribution >= 4 is 12.5 Å². The quantitative estimate of drug-likeness (QED) is 0.639. The number of nitriles is 2. The van der Waals surface area contributed by atoms with Crippen molar-refractivity contribution in [3.8, 4) is 12.0 Å². The molecule has 2 rings (SSSR count). The van der Waals surface area contributed by atoms with Crippen molar-refractivity contribution in [3.05, 3.63) is 18.1 Å². The number of anilines is 1. The first-order chi connectivity index (χ1) is 7.83. The molecule has 0 N–H and O–H groups in total. The lowest BCUT2D eigenvalue weighted by Crippen LogP contribution is -2.37. The molecule has 1 aromatic rings. The molecule has 0 amide bonds. The minimum atomic E-state index is 0.161. The average Bonchev–Trinajstić information content (AvgIpc) is 2.39. The Morgan fingerprint density at radius 3 is 2.69 bits per heavy atom. The van der Waals surface area contributed by atoms with Gasteiger partial charge in [-0.3, -0.25) is 0 Å². The Morgan fingerprint density at radius 2 is 2.06 bits per heavy atom. The number of hydrogen-bond acceptors (Lipinski definition) is 5. The summed E-state index contributed by atoms with van der Waals surface area (Å²) in [6.45, 7) is 1.80. The van der Waals surface area contributed by atoms with E-state index in [4.69, 9.17) is 10.5 Å². The van der Waals surface area contributed by atoms with Crippen molar-refractivity contribution < 1.29 is 0 Å². The zero-order chi connectivity index (χ0) is 11.4. The first-order valence-corrected chi connectivity index (χ1v) is 5.21. The molecule has 0 saturated carbocycles. The van der Waals surface area contributed by atoms with Gasteiger partial charge in [-0.15, -0.1) is 0 Å². The standard InChI is InChI=1S/C10H10BN5/c12-7-9-14-4-1-10(15-9)16-5-2-11(8-13)3-6-16/h1,4H,2-3,5-6H2. The summed E-state index contributed by atoms with van der Waals surface area (Å²) >= 11 is 0. The fourth-order valence-corrected chi connectivity index (χ4v) is 1.82. The molecule has 2 heterocycles. The van der Waals surface area contributed by atoms with Crippen molar-refractivity contribution in [3.63, 3.8) is 0 Å². The highest BCUT2D eigenvalue weighted by Crippen LogP contribution is 2.17. The molecular weight excluding hydrogens is 201 g/mol. The molecule has 1 aromatic heterocycles. The maximum atomic E-state index is 8.79. The van der Waals surface area contributed by atoms with Crippen LogP contribution in [0.2, 0.25) is 12.6 Å². The highest BCUT2D eigenvalue weighted by Gasteiger charge is 2.23. The lowest BCUT2D eigenvalue weighted by atomic mass is 9.45. The van der Waals surface area contributed by atoms with Crippen LogP contribution in [-0.2, 0) is 0 Å². The fraction of sp³-hybridized carbons (Fsp3) is 0.400. The van der Waals surface area contributed by atoms with Gasteiger partial charge >= 0.3 is 0 Å². The Balaban J connectivity index is 2.09. The lowest BCUT2D eigenvalue weighted by Gasteiger charge is -2.28. The summed E-state index contributed by atoms with van der Waals surface area (Å²) in [5, 5.41) is 17.5. The lowest BCUT2D eigenvalue weighted by molar-refractivity contribution is 0.800. The Hall–Kier alpha value is -2.08. The van der Waals surface area contributed by atoms with Crippen LogP contribution in [0.1, 0.15) is 5.82 Å². The summed E-state index contributed by atoms with van der Waals surface area (Å²) in [5.41, 5.74) is 0. The van der Waals surface area contributed by atoms with Crippen LogP contribution in [0.25, 0.3) is 0 Å². The molecule has 16 heavy (non-hydrogen) atoms. The summed E-state index contributed by atoms with van der Waals surface area (Å²) in [6.07, 6.45) is 3.32.